The molecule has 1 aliphatic rings. The Hall–Kier alpha value is -2.14. The number of fused-ring (bicyclic) bond motifs is 1. The van der Waals surface area contributed by atoms with Crippen molar-refractivity contribution in [2.45, 2.75) is 26.7 Å². The van der Waals surface area contributed by atoms with Gasteiger partial charge in [0.05, 0.1) is 0 Å². The molecule has 0 atom stereocenters. The minimum Gasteiger partial charge on any atom is -0.451 e. The van der Waals surface area contributed by atoms with Crippen LogP contribution in [0.25, 0.3) is 0 Å². The van der Waals surface area contributed by atoms with Crippen LogP contribution in [0.1, 0.15) is 32.6 Å². The van der Waals surface area contributed by atoms with Crippen LogP contribution in [-0.4, -0.2) is 25.0 Å². The fourth-order valence-corrected chi connectivity index (χ4v) is 3.85. The first-order valence-corrected chi connectivity index (χ1v) is 8.56. The smallest absolute Gasteiger partial charge is 0.348 e. The molecule has 2 aromatic rings. The van der Waals surface area contributed by atoms with E-state index in [1.54, 1.807) is 4.90 Å². The molecule has 4 nitrogen and oxygen atoms in total. The molecule has 0 fully saturated rings. The monoisotopic (exact) mass is 329 g/mol. The van der Waals surface area contributed by atoms with E-state index in [0.717, 1.165) is 34.5 Å². The molecule has 0 bridgehead atoms. The van der Waals surface area contributed by atoms with E-state index in [0.29, 0.717) is 11.4 Å². The summed E-state index contributed by atoms with van der Waals surface area (Å²) in [6.07, 6.45) is 1.74. The van der Waals surface area contributed by atoms with E-state index < -0.39 is 5.97 Å². The van der Waals surface area contributed by atoms with E-state index in [-0.39, 0.29) is 12.5 Å². The lowest BCUT2D eigenvalue weighted by Gasteiger charge is -2.16. The number of hydrogen-bond acceptors (Lipinski definition) is 4. The maximum absolute atomic E-state index is 12.3. The maximum Gasteiger partial charge on any atom is 0.348 e. The Balaban J connectivity index is 1.62. The standard InChI is InChI=1S/C18H19NO3S/c1-3-13-10-16(23-12(13)2)18(21)22-11-17(20)19-9-8-14-6-4-5-7-15(14)19/h4-7,10H,3,8-9,11H2,1-2H3. The zero-order chi connectivity index (χ0) is 16.4. The summed E-state index contributed by atoms with van der Waals surface area (Å²) in [5, 5.41) is 0. The largest absolute Gasteiger partial charge is 0.451 e. The highest BCUT2D eigenvalue weighted by Gasteiger charge is 2.25. The molecule has 1 aromatic carbocycles. The van der Waals surface area contributed by atoms with E-state index in [2.05, 4.69) is 6.92 Å². The number of anilines is 1. The van der Waals surface area contributed by atoms with Crippen LogP contribution in [0.4, 0.5) is 5.69 Å². The number of carbonyl (C=O) groups excluding carboxylic acids is 2. The van der Waals surface area contributed by atoms with Crippen molar-refractivity contribution in [1.82, 2.24) is 0 Å². The number of thiophene rings is 1. The fourth-order valence-electron chi connectivity index (χ4n) is 2.85. The van der Waals surface area contributed by atoms with Crippen LogP contribution >= 0.6 is 11.3 Å². The Morgan fingerprint density at radius 3 is 2.83 bits per heavy atom. The molecule has 0 aliphatic carbocycles. The van der Waals surface area contributed by atoms with E-state index in [1.807, 2.05) is 37.3 Å². The number of rotatable bonds is 4. The van der Waals surface area contributed by atoms with Gasteiger partial charge in [-0.1, -0.05) is 25.1 Å². The lowest BCUT2D eigenvalue weighted by Crippen LogP contribution is -2.33. The summed E-state index contributed by atoms with van der Waals surface area (Å²) in [7, 11) is 0. The van der Waals surface area contributed by atoms with Crippen LogP contribution < -0.4 is 4.90 Å². The second-order valence-corrected chi connectivity index (χ2v) is 6.80. The third kappa shape index (κ3) is 3.15. The van der Waals surface area contributed by atoms with Gasteiger partial charge in [0, 0.05) is 17.1 Å². The number of hydrogen-bond donors (Lipinski definition) is 0. The highest BCUT2D eigenvalue weighted by molar-refractivity contribution is 7.14. The van der Waals surface area contributed by atoms with Crippen LogP contribution in [0, 0.1) is 6.92 Å². The molecule has 2 heterocycles. The number of ether oxygens (including phenoxy) is 1. The minimum atomic E-state index is -0.418. The van der Waals surface area contributed by atoms with Crippen LogP contribution in [0.2, 0.25) is 0 Å². The van der Waals surface area contributed by atoms with E-state index in [4.69, 9.17) is 4.74 Å². The Labute approximate surface area is 139 Å². The second kappa shape index (κ2) is 6.54. The molecule has 0 saturated heterocycles. The summed E-state index contributed by atoms with van der Waals surface area (Å²) in [5.41, 5.74) is 3.24. The van der Waals surface area contributed by atoms with Crippen molar-refractivity contribution in [2.24, 2.45) is 0 Å². The van der Waals surface area contributed by atoms with E-state index in [1.165, 1.54) is 11.3 Å². The third-order valence-corrected chi connectivity index (χ3v) is 5.19. The summed E-state index contributed by atoms with van der Waals surface area (Å²) >= 11 is 1.42. The third-order valence-electron chi connectivity index (χ3n) is 4.12. The number of aryl methyl sites for hydroxylation is 2. The summed E-state index contributed by atoms with van der Waals surface area (Å²) in [6.45, 7) is 4.48. The Kier molecular flexibility index (Phi) is 4.48. The molecule has 1 aromatic heterocycles. The van der Waals surface area contributed by atoms with Crippen molar-refractivity contribution in [3.8, 4) is 0 Å². The first-order chi connectivity index (χ1) is 11.1. The van der Waals surface area contributed by atoms with Crippen LogP contribution in [0.15, 0.2) is 30.3 Å². The topological polar surface area (TPSA) is 46.6 Å². The molecule has 5 heteroatoms. The normalized spacial score (nSPS) is 13.0. The predicted octanol–water partition coefficient (Wildman–Crippen LogP) is 3.37. The van der Waals surface area contributed by atoms with Crippen LogP contribution in [-0.2, 0) is 22.4 Å². The summed E-state index contributed by atoms with van der Waals surface area (Å²) < 4.78 is 5.21. The second-order valence-electron chi connectivity index (χ2n) is 5.55. The molecule has 1 aliphatic heterocycles. The van der Waals surface area contributed by atoms with Gasteiger partial charge in [0.1, 0.15) is 4.88 Å². The zero-order valence-electron chi connectivity index (χ0n) is 13.3. The van der Waals surface area contributed by atoms with Gasteiger partial charge >= 0.3 is 5.97 Å². The summed E-state index contributed by atoms with van der Waals surface area (Å²) in [5.74, 6) is -0.592. The van der Waals surface area contributed by atoms with Gasteiger partial charge in [0.15, 0.2) is 6.61 Å². The molecule has 0 N–H and O–H groups in total. The lowest BCUT2D eigenvalue weighted by atomic mass is 10.2. The highest BCUT2D eigenvalue weighted by atomic mass is 32.1. The molecule has 0 saturated carbocycles. The average Bonchev–Trinajstić information content (AvgIpc) is 3.15. The number of carbonyl (C=O) groups is 2. The molecule has 120 valence electrons. The molecule has 3 rings (SSSR count). The first kappa shape index (κ1) is 15.7. The van der Waals surface area contributed by atoms with Crippen molar-refractivity contribution < 1.29 is 14.3 Å². The van der Waals surface area contributed by atoms with Gasteiger partial charge in [-0.25, -0.2) is 4.79 Å². The number of nitrogens with zero attached hydrogens (tertiary/aromatic N) is 1. The number of para-hydroxylation sites is 1. The summed E-state index contributed by atoms with van der Waals surface area (Å²) in [4.78, 5) is 27.8. The van der Waals surface area contributed by atoms with Crippen molar-refractivity contribution in [1.29, 1.82) is 0 Å². The van der Waals surface area contributed by atoms with E-state index >= 15 is 0 Å². The van der Waals surface area contributed by atoms with Gasteiger partial charge < -0.3 is 9.64 Å². The molecule has 23 heavy (non-hydrogen) atoms. The minimum absolute atomic E-state index is 0.174. The number of esters is 1. The number of amides is 1. The van der Waals surface area contributed by atoms with Crippen molar-refractivity contribution in [3.05, 3.63) is 51.2 Å². The highest BCUT2D eigenvalue weighted by Crippen LogP contribution is 2.27. The molecule has 0 spiro atoms. The van der Waals surface area contributed by atoms with Crippen molar-refractivity contribution in [3.63, 3.8) is 0 Å². The van der Waals surface area contributed by atoms with Gasteiger partial charge in [0.25, 0.3) is 5.91 Å². The lowest BCUT2D eigenvalue weighted by molar-refractivity contribution is -0.121. The Morgan fingerprint density at radius 1 is 1.30 bits per heavy atom. The molecule has 1 amide bonds. The molecule has 0 radical (unpaired) electrons. The fraction of sp³-hybridized carbons (Fsp3) is 0.333. The quantitative estimate of drug-likeness (QED) is 0.808. The van der Waals surface area contributed by atoms with Gasteiger partial charge in [-0.3, -0.25) is 4.79 Å². The Bertz CT molecular complexity index is 750. The average molecular weight is 329 g/mol. The van der Waals surface area contributed by atoms with Crippen molar-refractivity contribution >= 4 is 28.9 Å². The molecular formula is C18H19NO3S. The SMILES string of the molecule is CCc1cc(C(=O)OCC(=O)N2CCc3ccccc32)sc1C. The molecular weight excluding hydrogens is 310 g/mol. The van der Waals surface area contributed by atoms with Crippen LogP contribution in [0.5, 0.6) is 0 Å². The van der Waals surface area contributed by atoms with E-state index in [9.17, 15) is 9.59 Å². The van der Waals surface area contributed by atoms with Gasteiger partial charge in [-0.2, -0.15) is 0 Å². The zero-order valence-corrected chi connectivity index (χ0v) is 14.1. The van der Waals surface area contributed by atoms with Crippen molar-refractivity contribution in [2.75, 3.05) is 18.1 Å². The van der Waals surface area contributed by atoms with Gasteiger partial charge in [0.2, 0.25) is 0 Å². The van der Waals surface area contributed by atoms with Crippen LogP contribution in [0.3, 0.4) is 0 Å². The molecule has 0 unspecified atom stereocenters. The number of benzene rings is 1. The van der Waals surface area contributed by atoms with Gasteiger partial charge in [-0.05, 0) is 43.0 Å². The maximum atomic E-state index is 12.3. The summed E-state index contributed by atoms with van der Waals surface area (Å²) in [6, 6.07) is 9.69. The van der Waals surface area contributed by atoms with Gasteiger partial charge in [-0.15, -0.1) is 11.3 Å². The Morgan fingerprint density at radius 2 is 2.09 bits per heavy atom. The predicted molar refractivity (Wildman–Crippen MR) is 91.2 cm³/mol. The first-order valence-electron chi connectivity index (χ1n) is 7.75.